The van der Waals surface area contributed by atoms with Crippen LogP contribution in [0.25, 0.3) is 0 Å². The molecule has 5 heteroatoms. The van der Waals surface area contributed by atoms with E-state index in [-0.39, 0.29) is 10.6 Å². The number of hydrogen-bond acceptors (Lipinski definition) is 4. The summed E-state index contributed by atoms with van der Waals surface area (Å²) < 4.78 is 0. The normalized spacial score (nSPS) is 12.0. The molecule has 0 aliphatic heterocycles. The van der Waals surface area contributed by atoms with E-state index in [9.17, 15) is 10.1 Å². The summed E-state index contributed by atoms with van der Waals surface area (Å²) in [5, 5.41) is 17.8. The van der Waals surface area contributed by atoms with Gasteiger partial charge in [-0.15, -0.1) is 0 Å². The molecule has 1 atom stereocenters. The Kier molecular flexibility index (Phi) is 7.58. The molecule has 118 valence electrons. The Labute approximate surface area is 127 Å². The largest absolute Gasteiger partial charge is 0.380 e. The van der Waals surface area contributed by atoms with Crippen LogP contribution in [0.15, 0.2) is 18.2 Å². The Morgan fingerprint density at radius 3 is 2.43 bits per heavy atom. The van der Waals surface area contributed by atoms with E-state index in [1.165, 1.54) is 0 Å². The molecule has 0 heterocycles. The van der Waals surface area contributed by atoms with Gasteiger partial charge in [0.1, 0.15) is 11.4 Å². The van der Waals surface area contributed by atoms with Crippen LogP contribution in [0.4, 0.5) is 17.1 Å². The molecule has 1 rings (SSSR count). The van der Waals surface area contributed by atoms with Crippen molar-refractivity contribution >= 4 is 17.1 Å². The molecule has 0 spiro atoms. The second-order valence-electron chi connectivity index (χ2n) is 5.26. The molecule has 0 aromatic heterocycles. The van der Waals surface area contributed by atoms with E-state index in [2.05, 4.69) is 24.5 Å². The van der Waals surface area contributed by atoms with Crippen molar-refractivity contribution in [2.75, 3.05) is 17.2 Å². The van der Waals surface area contributed by atoms with Gasteiger partial charge >= 0.3 is 5.69 Å². The highest BCUT2D eigenvalue weighted by atomic mass is 16.6. The van der Waals surface area contributed by atoms with Crippen LogP contribution in [0.3, 0.4) is 0 Å². The first-order valence-corrected chi connectivity index (χ1v) is 7.91. The van der Waals surface area contributed by atoms with Gasteiger partial charge in [-0.25, -0.2) is 0 Å². The van der Waals surface area contributed by atoms with Crippen molar-refractivity contribution in [3.63, 3.8) is 0 Å². The standard InChI is InChI=1S/C16H27N3O2/c1-4-7-10-13(9-5-2)18-15-12-8-11-14(17-6-3)16(15)19(20)21/h8,11-13,17-18H,4-7,9-10H2,1-3H3. The van der Waals surface area contributed by atoms with Crippen molar-refractivity contribution in [2.24, 2.45) is 0 Å². The summed E-state index contributed by atoms with van der Waals surface area (Å²) in [6.45, 7) is 6.91. The molecule has 5 nitrogen and oxygen atoms in total. The van der Waals surface area contributed by atoms with Gasteiger partial charge in [0.15, 0.2) is 0 Å². The smallest absolute Gasteiger partial charge is 0.315 e. The topological polar surface area (TPSA) is 67.2 Å². The van der Waals surface area contributed by atoms with Crippen LogP contribution in [0.2, 0.25) is 0 Å². The fourth-order valence-corrected chi connectivity index (χ4v) is 2.50. The van der Waals surface area contributed by atoms with Gasteiger partial charge in [0, 0.05) is 12.6 Å². The van der Waals surface area contributed by atoms with Crippen LogP contribution in [0.5, 0.6) is 0 Å². The fourth-order valence-electron chi connectivity index (χ4n) is 2.50. The molecule has 0 saturated heterocycles. The zero-order valence-corrected chi connectivity index (χ0v) is 13.3. The van der Waals surface area contributed by atoms with Crippen LogP contribution in [0, 0.1) is 10.1 Å². The van der Waals surface area contributed by atoms with Gasteiger partial charge in [0.2, 0.25) is 0 Å². The first-order valence-electron chi connectivity index (χ1n) is 7.91. The number of nitrogens with one attached hydrogen (secondary N) is 2. The number of rotatable bonds is 10. The first-order chi connectivity index (χ1) is 10.1. The first kappa shape index (κ1) is 17.3. The zero-order chi connectivity index (χ0) is 15.7. The van der Waals surface area contributed by atoms with Crippen LogP contribution in [-0.2, 0) is 0 Å². The van der Waals surface area contributed by atoms with E-state index in [1.807, 2.05) is 13.0 Å². The highest BCUT2D eigenvalue weighted by Gasteiger charge is 2.21. The van der Waals surface area contributed by atoms with Crippen molar-refractivity contribution in [1.29, 1.82) is 0 Å². The summed E-state index contributed by atoms with van der Waals surface area (Å²) in [7, 11) is 0. The SMILES string of the molecule is CCCCC(CCC)Nc1cccc(NCC)c1[N+](=O)[O-]. The summed E-state index contributed by atoms with van der Waals surface area (Å²) in [6.07, 6.45) is 5.43. The monoisotopic (exact) mass is 293 g/mol. The van der Waals surface area contributed by atoms with E-state index in [1.54, 1.807) is 12.1 Å². The molecule has 21 heavy (non-hydrogen) atoms. The van der Waals surface area contributed by atoms with Gasteiger partial charge < -0.3 is 10.6 Å². The summed E-state index contributed by atoms with van der Waals surface area (Å²) in [6, 6.07) is 5.71. The van der Waals surface area contributed by atoms with Gasteiger partial charge in [-0.2, -0.15) is 0 Å². The minimum atomic E-state index is -0.302. The molecule has 0 amide bonds. The molecule has 0 bridgehead atoms. The Bertz CT molecular complexity index is 449. The van der Waals surface area contributed by atoms with E-state index in [4.69, 9.17) is 0 Å². The van der Waals surface area contributed by atoms with E-state index < -0.39 is 0 Å². The molecule has 0 fully saturated rings. The van der Waals surface area contributed by atoms with Crippen LogP contribution < -0.4 is 10.6 Å². The second kappa shape index (κ2) is 9.21. The van der Waals surface area contributed by atoms with Crippen molar-refractivity contribution < 1.29 is 4.92 Å². The Hall–Kier alpha value is -1.78. The molecule has 1 aromatic rings. The molecule has 0 aliphatic rings. The predicted octanol–water partition coefficient (Wildman–Crippen LogP) is 4.80. The summed E-state index contributed by atoms with van der Waals surface area (Å²) in [5.74, 6) is 0. The molecule has 2 N–H and O–H groups in total. The third kappa shape index (κ3) is 5.25. The lowest BCUT2D eigenvalue weighted by molar-refractivity contribution is -0.383. The predicted molar refractivity (Wildman–Crippen MR) is 89.1 cm³/mol. The minimum Gasteiger partial charge on any atom is -0.380 e. The molecule has 0 radical (unpaired) electrons. The maximum absolute atomic E-state index is 11.4. The van der Waals surface area contributed by atoms with E-state index in [0.29, 0.717) is 24.0 Å². The number of nitro benzene ring substituents is 1. The van der Waals surface area contributed by atoms with Crippen molar-refractivity contribution in [3.8, 4) is 0 Å². The molecule has 1 unspecified atom stereocenters. The van der Waals surface area contributed by atoms with Crippen molar-refractivity contribution in [2.45, 2.75) is 58.9 Å². The van der Waals surface area contributed by atoms with Gasteiger partial charge in [-0.05, 0) is 31.9 Å². The average molecular weight is 293 g/mol. The number of hydrogen-bond donors (Lipinski definition) is 2. The maximum Gasteiger partial charge on any atom is 0.315 e. The number of para-hydroxylation sites is 1. The molecule has 0 aliphatic carbocycles. The Morgan fingerprint density at radius 2 is 1.86 bits per heavy atom. The number of benzene rings is 1. The zero-order valence-electron chi connectivity index (χ0n) is 13.3. The van der Waals surface area contributed by atoms with Gasteiger partial charge in [-0.3, -0.25) is 10.1 Å². The number of unbranched alkanes of at least 4 members (excludes halogenated alkanes) is 1. The number of nitro groups is 1. The van der Waals surface area contributed by atoms with Crippen molar-refractivity contribution in [1.82, 2.24) is 0 Å². The van der Waals surface area contributed by atoms with Gasteiger partial charge in [-0.1, -0.05) is 39.2 Å². The molecule has 1 aromatic carbocycles. The summed E-state index contributed by atoms with van der Waals surface area (Å²) in [5.41, 5.74) is 1.35. The lowest BCUT2D eigenvalue weighted by atomic mass is 10.0. The van der Waals surface area contributed by atoms with E-state index >= 15 is 0 Å². The lowest BCUT2D eigenvalue weighted by Gasteiger charge is -2.20. The average Bonchev–Trinajstić information content (AvgIpc) is 2.45. The molecule has 0 saturated carbocycles. The lowest BCUT2D eigenvalue weighted by Crippen LogP contribution is -2.20. The van der Waals surface area contributed by atoms with Crippen LogP contribution in [-0.4, -0.2) is 17.5 Å². The summed E-state index contributed by atoms with van der Waals surface area (Å²) >= 11 is 0. The third-order valence-electron chi connectivity index (χ3n) is 3.49. The van der Waals surface area contributed by atoms with Gasteiger partial charge in [0.25, 0.3) is 0 Å². The van der Waals surface area contributed by atoms with Crippen LogP contribution in [0.1, 0.15) is 52.9 Å². The Morgan fingerprint density at radius 1 is 1.14 bits per heavy atom. The number of nitrogens with zero attached hydrogens (tertiary/aromatic N) is 1. The van der Waals surface area contributed by atoms with Crippen LogP contribution >= 0.6 is 0 Å². The summed E-state index contributed by atoms with van der Waals surface area (Å²) in [4.78, 5) is 11.1. The highest BCUT2D eigenvalue weighted by molar-refractivity contribution is 5.76. The quantitative estimate of drug-likeness (QED) is 0.480. The Balaban J connectivity index is 2.98. The minimum absolute atomic E-state index is 0.150. The van der Waals surface area contributed by atoms with Crippen molar-refractivity contribution in [3.05, 3.63) is 28.3 Å². The third-order valence-corrected chi connectivity index (χ3v) is 3.49. The maximum atomic E-state index is 11.4. The molecular formula is C16H27N3O2. The highest BCUT2D eigenvalue weighted by Crippen LogP contribution is 2.33. The number of anilines is 2. The van der Waals surface area contributed by atoms with E-state index in [0.717, 1.165) is 32.1 Å². The molecular weight excluding hydrogens is 266 g/mol. The van der Waals surface area contributed by atoms with Gasteiger partial charge in [0.05, 0.1) is 4.92 Å². The fraction of sp³-hybridized carbons (Fsp3) is 0.625. The second-order valence-corrected chi connectivity index (χ2v) is 5.26.